The molecule has 0 spiro atoms. The molecular weight excluding hydrogens is 196 g/mol. The maximum absolute atomic E-state index is 6.16. The predicted molar refractivity (Wildman–Crippen MR) is 68.1 cm³/mol. The van der Waals surface area contributed by atoms with Gasteiger partial charge in [0, 0.05) is 17.6 Å². The molecule has 1 aromatic carbocycles. The highest BCUT2D eigenvalue weighted by atomic mass is 14.7. The van der Waals surface area contributed by atoms with Gasteiger partial charge in [0.05, 0.1) is 5.52 Å². The zero-order chi connectivity index (χ0) is 11.5. The number of aromatic nitrogens is 1. The maximum Gasteiger partial charge on any atom is 0.0705 e. The summed E-state index contributed by atoms with van der Waals surface area (Å²) in [6, 6.07) is 10.4. The van der Waals surface area contributed by atoms with E-state index in [0.29, 0.717) is 5.92 Å². The van der Waals surface area contributed by atoms with Crippen molar-refractivity contribution in [2.45, 2.75) is 26.3 Å². The summed E-state index contributed by atoms with van der Waals surface area (Å²) >= 11 is 0. The highest BCUT2D eigenvalue weighted by Crippen LogP contribution is 2.21. The molecule has 1 aromatic heterocycles. The Morgan fingerprint density at radius 3 is 2.81 bits per heavy atom. The van der Waals surface area contributed by atoms with Crippen LogP contribution < -0.4 is 5.73 Å². The van der Waals surface area contributed by atoms with Gasteiger partial charge in [-0.3, -0.25) is 4.98 Å². The molecule has 16 heavy (non-hydrogen) atoms. The Kier molecular flexibility index (Phi) is 3.20. The SMILES string of the molecule is CC(C)CC(N)c1ccc2cccnc2c1. The first-order valence-corrected chi connectivity index (χ1v) is 5.77. The van der Waals surface area contributed by atoms with E-state index in [1.807, 2.05) is 12.3 Å². The van der Waals surface area contributed by atoms with Crippen molar-refractivity contribution in [3.05, 3.63) is 42.1 Å². The van der Waals surface area contributed by atoms with Crippen molar-refractivity contribution in [1.29, 1.82) is 0 Å². The molecule has 1 heterocycles. The van der Waals surface area contributed by atoms with Crippen LogP contribution in [0.3, 0.4) is 0 Å². The molecule has 0 saturated heterocycles. The monoisotopic (exact) mass is 214 g/mol. The van der Waals surface area contributed by atoms with E-state index in [1.54, 1.807) is 0 Å². The standard InChI is InChI=1S/C14H18N2/c1-10(2)8-13(15)12-6-5-11-4-3-7-16-14(11)9-12/h3-7,9-10,13H,8,15H2,1-2H3. The van der Waals surface area contributed by atoms with Crippen LogP contribution in [0.4, 0.5) is 0 Å². The third kappa shape index (κ3) is 2.39. The summed E-state index contributed by atoms with van der Waals surface area (Å²) in [6.07, 6.45) is 2.83. The van der Waals surface area contributed by atoms with Crippen LogP contribution in [0.25, 0.3) is 10.9 Å². The minimum atomic E-state index is 0.117. The summed E-state index contributed by atoms with van der Waals surface area (Å²) in [5.41, 5.74) is 8.37. The van der Waals surface area contributed by atoms with E-state index in [4.69, 9.17) is 5.73 Å². The van der Waals surface area contributed by atoms with Gasteiger partial charge in [0.2, 0.25) is 0 Å². The number of rotatable bonds is 3. The largest absolute Gasteiger partial charge is 0.324 e. The van der Waals surface area contributed by atoms with Crippen LogP contribution in [0.1, 0.15) is 31.9 Å². The first kappa shape index (κ1) is 11.1. The molecule has 2 rings (SSSR count). The third-order valence-electron chi connectivity index (χ3n) is 2.78. The molecule has 2 aromatic rings. The molecule has 0 saturated carbocycles. The van der Waals surface area contributed by atoms with Gasteiger partial charge in [-0.1, -0.05) is 32.0 Å². The van der Waals surface area contributed by atoms with Crippen molar-refractivity contribution in [2.24, 2.45) is 11.7 Å². The second kappa shape index (κ2) is 4.62. The van der Waals surface area contributed by atoms with Gasteiger partial charge in [0.15, 0.2) is 0 Å². The van der Waals surface area contributed by atoms with E-state index >= 15 is 0 Å². The van der Waals surface area contributed by atoms with Crippen LogP contribution in [0.15, 0.2) is 36.5 Å². The zero-order valence-corrected chi connectivity index (χ0v) is 9.85. The average Bonchev–Trinajstić information content (AvgIpc) is 2.27. The minimum absolute atomic E-state index is 0.117. The Morgan fingerprint density at radius 1 is 1.25 bits per heavy atom. The Bertz CT molecular complexity index is 477. The Labute approximate surface area is 96.5 Å². The van der Waals surface area contributed by atoms with E-state index < -0.39 is 0 Å². The molecule has 0 aliphatic rings. The second-order valence-corrected chi connectivity index (χ2v) is 4.69. The molecular formula is C14H18N2. The fourth-order valence-electron chi connectivity index (χ4n) is 1.96. The number of pyridine rings is 1. The summed E-state index contributed by atoms with van der Waals surface area (Å²) in [7, 11) is 0. The van der Waals surface area contributed by atoms with Crippen molar-refractivity contribution in [3.8, 4) is 0 Å². The summed E-state index contributed by atoms with van der Waals surface area (Å²) in [5, 5.41) is 1.17. The molecule has 84 valence electrons. The van der Waals surface area contributed by atoms with Crippen molar-refractivity contribution >= 4 is 10.9 Å². The van der Waals surface area contributed by atoms with Crippen molar-refractivity contribution in [1.82, 2.24) is 4.98 Å². The first-order chi connectivity index (χ1) is 7.66. The van der Waals surface area contributed by atoms with E-state index in [-0.39, 0.29) is 6.04 Å². The fraction of sp³-hybridized carbons (Fsp3) is 0.357. The van der Waals surface area contributed by atoms with Gasteiger partial charge in [-0.25, -0.2) is 0 Å². The van der Waals surface area contributed by atoms with E-state index in [1.165, 1.54) is 10.9 Å². The summed E-state index contributed by atoms with van der Waals surface area (Å²) in [5.74, 6) is 0.620. The molecule has 0 fully saturated rings. The summed E-state index contributed by atoms with van der Waals surface area (Å²) in [6.45, 7) is 4.39. The normalized spacial score (nSPS) is 13.2. The highest BCUT2D eigenvalue weighted by Gasteiger charge is 2.08. The topological polar surface area (TPSA) is 38.9 Å². The van der Waals surface area contributed by atoms with Gasteiger partial charge >= 0.3 is 0 Å². The number of nitrogens with zero attached hydrogens (tertiary/aromatic N) is 1. The van der Waals surface area contributed by atoms with Crippen molar-refractivity contribution in [3.63, 3.8) is 0 Å². The highest BCUT2D eigenvalue weighted by molar-refractivity contribution is 5.78. The van der Waals surface area contributed by atoms with E-state index in [0.717, 1.165) is 11.9 Å². The quantitative estimate of drug-likeness (QED) is 0.851. The number of hydrogen-bond acceptors (Lipinski definition) is 2. The lowest BCUT2D eigenvalue weighted by molar-refractivity contribution is 0.510. The molecule has 2 nitrogen and oxygen atoms in total. The van der Waals surface area contributed by atoms with Crippen LogP contribution in [0.2, 0.25) is 0 Å². The van der Waals surface area contributed by atoms with Gasteiger partial charge in [0.1, 0.15) is 0 Å². The summed E-state index contributed by atoms with van der Waals surface area (Å²) < 4.78 is 0. The second-order valence-electron chi connectivity index (χ2n) is 4.69. The first-order valence-electron chi connectivity index (χ1n) is 5.77. The molecule has 0 aliphatic carbocycles. The molecule has 0 aliphatic heterocycles. The predicted octanol–water partition coefficient (Wildman–Crippen LogP) is 3.28. The molecule has 0 amide bonds. The lowest BCUT2D eigenvalue weighted by atomic mass is 9.97. The van der Waals surface area contributed by atoms with Gasteiger partial charge in [0.25, 0.3) is 0 Å². The van der Waals surface area contributed by atoms with Crippen LogP contribution in [-0.4, -0.2) is 4.98 Å². The van der Waals surface area contributed by atoms with E-state index in [9.17, 15) is 0 Å². The van der Waals surface area contributed by atoms with Crippen LogP contribution in [0, 0.1) is 5.92 Å². The van der Waals surface area contributed by atoms with Crippen molar-refractivity contribution < 1.29 is 0 Å². The smallest absolute Gasteiger partial charge is 0.0705 e. The van der Waals surface area contributed by atoms with Crippen LogP contribution in [-0.2, 0) is 0 Å². The Balaban J connectivity index is 2.32. The Morgan fingerprint density at radius 2 is 2.06 bits per heavy atom. The molecule has 2 heteroatoms. The lowest BCUT2D eigenvalue weighted by Gasteiger charge is -2.14. The van der Waals surface area contributed by atoms with Crippen LogP contribution in [0.5, 0.6) is 0 Å². The number of nitrogens with two attached hydrogens (primary N) is 1. The Hall–Kier alpha value is -1.41. The number of hydrogen-bond donors (Lipinski definition) is 1. The lowest BCUT2D eigenvalue weighted by Crippen LogP contribution is -2.12. The van der Waals surface area contributed by atoms with Gasteiger partial charge in [-0.15, -0.1) is 0 Å². The number of benzene rings is 1. The summed E-state index contributed by atoms with van der Waals surface area (Å²) in [4.78, 5) is 4.35. The molecule has 1 atom stereocenters. The average molecular weight is 214 g/mol. The fourth-order valence-corrected chi connectivity index (χ4v) is 1.96. The molecule has 1 unspecified atom stereocenters. The number of fused-ring (bicyclic) bond motifs is 1. The molecule has 0 radical (unpaired) electrons. The van der Waals surface area contributed by atoms with E-state index in [2.05, 4.69) is 43.1 Å². The zero-order valence-electron chi connectivity index (χ0n) is 9.85. The van der Waals surface area contributed by atoms with Gasteiger partial charge in [-0.05, 0) is 30.0 Å². The van der Waals surface area contributed by atoms with Crippen molar-refractivity contribution in [2.75, 3.05) is 0 Å². The third-order valence-corrected chi connectivity index (χ3v) is 2.78. The van der Waals surface area contributed by atoms with Gasteiger partial charge in [-0.2, -0.15) is 0 Å². The van der Waals surface area contributed by atoms with Gasteiger partial charge < -0.3 is 5.73 Å². The molecule has 2 N–H and O–H groups in total. The molecule has 0 bridgehead atoms. The van der Waals surface area contributed by atoms with Crippen LogP contribution >= 0.6 is 0 Å². The minimum Gasteiger partial charge on any atom is -0.324 e. The maximum atomic E-state index is 6.16.